The summed E-state index contributed by atoms with van der Waals surface area (Å²) in [5.74, 6) is -0.00757. The topological polar surface area (TPSA) is 64.1 Å². The van der Waals surface area contributed by atoms with Crippen molar-refractivity contribution in [3.05, 3.63) is 45.8 Å². The van der Waals surface area contributed by atoms with E-state index >= 15 is 0 Å². The molecule has 1 N–H and O–H groups in total. The maximum atomic E-state index is 11.4. The maximum absolute atomic E-state index is 11.4. The number of aromatic nitrogens is 2. The molecule has 0 aliphatic rings. The molecule has 0 saturated carbocycles. The molecule has 0 spiro atoms. The molecule has 1 heterocycles. The molecule has 6 heteroatoms. The summed E-state index contributed by atoms with van der Waals surface area (Å²) < 4.78 is 5.65. The van der Waals surface area contributed by atoms with Crippen molar-refractivity contribution in [1.29, 1.82) is 0 Å². The molecule has 5 nitrogen and oxygen atoms in total. The highest BCUT2D eigenvalue weighted by Gasteiger charge is 2.10. The van der Waals surface area contributed by atoms with Gasteiger partial charge in [0.2, 0.25) is 0 Å². The van der Waals surface area contributed by atoms with Gasteiger partial charge in [0.15, 0.2) is 5.69 Å². The van der Waals surface area contributed by atoms with Crippen molar-refractivity contribution in [2.75, 3.05) is 12.4 Å². The smallest absolute Gasteiger partial charge is 0.358 e. The zero-order valence-electron chi connectivity index (χ0n) is 11.4. The number of ether oxygens (including phenoxy) is 1. The molecule has 1 aromatic heterocycles. The molecule has 2 aromatic rings. The van der Waals surface area contributed by atoms with Gasteiger partial charge >= 0.3 is 5.97 Å². The van der Waals surface area contributed by atoms with E-state index in [0.29, 0.717) is 5.82 Å². The van der Waals surface area contributed by atoms with Crippen LogP contribution < -0.4 is 5.32 Å². The Labute approximate surface area is 125 Å². The van der Waals surface area contributed by atoms with Gasteiger partial charge < -0.3 is 10.1 Å². The van der Waals surface area contributed by atoms with Gasteiger partial charge in [0.25, 0.3) is 0 Å². The monoisotopic (exact) mass is 335 g/mol. The van der Waals surface area contributed by atoms with E-state index in [0.717, 1.165) is 21.3 Å². The summed E-state index contributed by atoms with van der Waals surface area (Å²) in [6.07, 6.45) is 2.94. The van der Waals surface area contributed by atoms with Crippen LogP contribution in [-0.4, -0.2) is 23.0 Å². The Kier molecular flexibility index (Phi) is 4.34. The Morgan fingerprint density at radius 3 is 2.50 bits per heavy atom. The maximum Gasteiger partial charge on any atom is 0.358 e. The van der Waals surface area contributed by atoms with Crippen molar-refractivity contribution in [3.8, 4) is 0 Å². The third-order valence-electron chi connectivity index (χ3n) is 2.78. The lowest BCUT2D eigenvalue weighted by atomic mass is 10.1. The number of carbonyl (C=O) groups is 1. The lowest BCUT2D eigenvalue weighted by Gasteiger charge is -2.13. The highest BCUT2D eigenvalue weighted by Crippen LogP contribution is 2.27. The van der Waals surface area contributed by atoms with Crippen molar-refractivity contribution in [2.24, 2.45) is 0 Å². The number of benzene rings is 1. The summed E-state index contributed by atoms with van der Waals surface area (Å²) in [4.78, 5) is 19.6. The number of carbonyl (C=O) groups excluding carboxylic acids is 1. The Morgan fingerprint density at radius 2 is 1.90 bits per heavy atom. The van der Waals surface area contributed by atoms with E-state index in [-0.39, 0.29) is 5.69 Å². The van der Waals surface area contributed by atoms with Gasteiger partial charge in [-0.15, -0.1) is 0 Å². The predicted octanol–water partition coefficient (Wildman–Crippen LogP) is 3.39. The van der Waals surface area contributed by atoms with Gasteiger partial charge in [0, 0.05) is 10.2 Å². The van der Waals surface area contributed by atoms with E-state index in [2.05, 4.69) is 36.0 Å². The van der Waals surface area contributed by atoms with E-state index in [4.69, 9.17) is 0 Å². The van der Waals surface area contributed by atoms with Crippen LogP contribution in [0.2, 0.25) is 0 Å². The SMILES string of the molecule is COC(=O)c1cncc(Nc2c(C)cc(Br)cc2C)n1. The Hall–Kier alpha value is -1.95. The Bertz CT molecular complexity index is 636. The van der Waals surface area contributed by atoms with Gasteiger partial charge in [0.1, 0.15) is 5.82 Å². The molecule has 0 bridgehead atoms. The minimum Gasteiger partial charge on any atom is -0.464 e. The number of rotatable bonds is 3. The average Bonchev–Trinajstić information content (AvgIpc) is 2.42. The van der Waals surface area contributed by atoms with Crippen LogP contribution in [0.3, 0.4) is 0 Å². The van der Waals surface area contributed by atoms with E-state index in [1.165, 1.54) is 13.3 Å². The normalized spacial score (nSPS) is 10.2. The highest BCUT2D eigenvalue weighted by atomic mass is 79.9. The molecule has 0 aliphatic heterocycles. The van der Waals surface area contributed by atoms with Crippen LogP contribution >= 0.6 is 15.9 Å². The van der Waals surface area contributed by atoms with Crippen molar-refractivity contribution < 1.29 is 9.53 Å². The predicted molar refractivity (Wildman–Crippen MR) is 80.3 cm³/mol. The molecule has 0 fully saturated rings. The Morgan fingerprint density at radius 1 is 1.25 bits per heavy atom. The molecule has 0 radical (unpaired) electrons. The second-order valence-electron chi connectivity index (χ2n) is 4.32. The van der Waals surface area contributed by atoms with Gasteiger partial charge in [-0.05, 0) is 37.1 Å². The van der Waals surface area contributed by atoms with Crippen LogP contribution in [0.4, 0.5) is 11.5 Å². The molecule has 2 rings (SSSR count). The fourth-order valence-electron chi connectivity index (χ4n) is 1.87. The summed E-state index contributed by atoms with van der Waals surface area (Å²) in [5.41, 5.74) is 3.26. The first-order valence-electron chi connectivity index (χ1n) is 5.95. The fourth-order valence-corrected chi connectivity index (χ4v) is 2.55. The number of hydrogen-bond donors (Lipinski definition) is 1. The molecule has 20 heavy (non-hydrogen) atoms. The molecule has 0 saturated heterocycles. The zero-order chi connectivity index (χ0) is 14.7. The minimum absolute atomic E-state index is 0.171. The van der Waals surface area contributed by atoms with Crippen LogP contribution in [0.5, 0.6) is 0 Å². The standard InChI is InChI=1S/C14H14BrN3O2/c1-8-4-10(15)5-9(2)13(8)18-12-7-16-6-11(17-12)14(19)20-3/h4-7H,1-3H3,(H,17,18). The van der Waals surface area contributed by atoms with Gasteiger partial charge in [-0.25, -0.2) is 9.78 Å². The lowest BCUT2D eigenvalue weighted by molar-refractivity contribution is 0.0593. The molecule has 0 unspecified atom stereocenters. The number of esters is 1. The van der Waals surface area contributed by atoms with E-state index < -0.39 is 5.97 Å². The second-order valence-corrected chi connectivity index (χ2v) is 5.24. The summed E-state index contributed by atoms with van der Waals surface area (Å²) in [7, 11) is 1.31. The average molecular weight is 336 g/mol. The van der Waals surface area contributed by atoms with Crippen molar-refractivity contribution in [1.82, 2.24) is 9.97 Å². The van der Waals surface area contributed by atoms with Crippen LogP contribution in [-0.2, 0) is 4.74 Å². The van der Waals surface area contributed by atoms with Crippen LogP contribution in [0.1, 0.15) is 21.6 Å². The van der Waals surface area contributed by atoms with E-state index in [1.807, 2.05) is 26.0 Å². The van der Waals surface area contributed by atoms with E-state index in [1.54, 1.807) is 6.20 Å². The zero-order valence-corrected chi connectivity index (χ0v) is 13.0. The molecule has 104 valence electrons. The fraction of sp³-hybridized carbons (Fsp3) is 0.214. The summed E-state index contributed by atoms with van der Waals surface area (Å²) in [6, 6.07) is 4.01. The summed E-state index contributed by atoms with van der Waals surface area (Å²) in [6.45, 7) is 4.00. The number of methoxy groups -OCH3 is 1. The molecular formula is C14H14BrN3O2. The van der Waals surface area contributed by atoms with E-state index in [9.17, 15) is 4.79 Å². The quantitative estimate of drug-likeness (QED) is 0.871. The summed E-state index contributed by atoms with van der Waals surface area (Å²) in [5, 5.41) is 3.18. The number of aryl methyl sites for hydroxylation is 2. The highest BCUT2D eigenvalue weighted by molar-refractivity contribution is 9.10. The van der Waals surface area contributed by atoms with Gasteiger partial charge in [-0.1, -0.05) is 15.9 Å². The van der Waals surface area contributed by atoms with Crippen LogP contribution in [0.25, 0.3) is 0 Å². The largest absolute Gasteiger partial charge is 0.464 e. The number of halogens is 1. The number of hydrogen-bond acceptors (Lipinski definition) is 5. The molecule has 0 aliphatic carbocycles. The van der Waals surface area contributed by atoms with Crippen molar-refractivity contribution in [3.63, 3.8) is 0 Å². The van der Waals surface area contributed by atoms with Crippen molar-refractivity contribution in [2.45, 2.75) is 13.8 Å². The van der Waals surface area contributed by atoms with Gasteiger partial charge in [-0.2, -0.15) is 0 Å². The third kappa shape index (κ3) is 3.14. The minimum atomic E-state index is -0.509. The first kappa shape index (κ1) is 14.5. The van der Waals surface area contributed by atoms with Crippen molar-refractivity contribution >= 4 is 33.4 Å². The lowest BCUT2D eigenvalue weighted by Crippen LogP contribution is -2.07. The number of nitrogens with zero attached hydrogens (tertiary/aromatic N) is 2. The molecule has 0 atom stereocenters. The molecular weight excluding hydrogens is 322 g/mol. The summed E-state index contributed by atoms with van der Waals surface area (Å²) >= 11 is 3.46. The first-order chi connectivity index (χ1) is 9.51. The van der Waals surface area contributed by atoms with Gasteiger partial charge in [0.05, 0.1) is 19.5 Å². The number of nitrogens with one attached hydrogen (secondary N) is 1. The molecule has 0 amide bonds. The third-order valence-corrected chi connectivity index (χ3v) is 3.24. The number of anilines is 2. The van der Waals surface area contributed by atoms with Crippen LogP contribution in [0.15, 0.2) is 29.0 Å². The second kappa shape index (κ2) is 6.00. The first-order valence-corrected chi connectivity index (χ1v) is 6.74. The van der Waals surface area contributed by atoms with Crippen LogP contribution in [0, 0.1) is 13.8 Å². The Balaban J connectivity index is 2.33. The van der Waals surface area contributed by atoms with Gasteiger partial charge in [-0.3, -0.25) is 4.98 Å². The molecule has 1 aromatic carbocycles.